The van der Waals surface area contributed by atoms with E-state index in [2.05, 4.69) is 20.4 Å². The quantitative estimate of drug-likeness (QED) is 0.614. The van der Waals surface area contributed by atoms with E-state index in [0.717, 1.165) is 5.03 Å². The fourth-order valence-corrected chi connectivity index (χ4v) is 3.74. The Hall–Kier alpha value is -3.79. The van der Waals surface area contributed by atoms with Gasteiger partial charge in [0.2, 0.25) is 5.91 Å². The number of halogens is 1. The summed E-state index contributed by atoms with van der Waals surface area (Å²) in [6, 6.07) is 13.5. The Morgan fingerprint density at radius 1 is 1.06 bits per heavy atom. The molecule has 3 N–H and O–H groups in total. The van der Waals surface area contributed by atoms with E-state index in [1.807, 2.05) is 18.2 Å². The minimum absolute atomic E-state index is 0.0408. The van der Waals surface area contributed by atoms with Crippen LogP contribution in [0.25, 0.3) is 0 Å². The number of carbonyl (C=O) groups excluding carboxylic acids is 2. The van der Waals surface area contributed by atoms with E-state index in [1.54, 1.807) is 24.5 Å². The van der Waals surface area contributed by atoms with Gasteiger partial charge in [0.1, 0.15) is 27.6 Å². The maximum absolute atomic E-state index is 13.2. The average Bonchev–Trinajstić information content (AvgIpc) is 3.21. The fraction of sp³-hybridized carbons (Fsp3) is 0.0952. The number of aromatic nitrogens is 2. The highest BCUT2D eigenvalue weighted by Crippen LogP contribution is 2.27. The summed E-state index contributed by atoms with van der Waals surface area (Å²) < 4.78 is 13.2. The van der Waals surface area contributed by atoms with Crippen LogP contribution in [0, 0.1) is 5.82 Å². The second-order valence-electron chi connectivity index (χ2n) is 6.60. The lowest BCUT2D eigenvalue weighted by Crippen LogP contribution is -2.39. The average molecular weight is 436 g/mol. The number of benzene rings is 1. The molecule has 1 aliphatic heterocycles. The number of amides is 2. The van der Waals surface area contributed by atoms with Gasteiger partial charge in [-0.2, -0.15) is 5.10 Å². The van der Waals surface area contributed by atoms with Crippen LogP contribution in [-0.4, -0.2) is 33.5 Å². The molecular weight excluding hydrogens is 419 g/mol. The first kappa shape index (κ1) is 20.5. The highest BCUT2D eigenvalue weighted by atomic mass is 32.2. The van der Waals surface area contributed by atoms with Gasteiger partial charge in [0.25, 0.3) is 5.91 Å². The van der Waals surface area contributed by atoms with Crippen molar-refractivity contribution in [1.29, 1.82) is 0 Å². The van der Waals surface area contributed by atoms with Gasteiger partial charge >= 0.3 is 0 Å². The smallest absolute Gasteiger partial charge is 0.271 e. The van der Waals surface area contributed by atoms with Crippen molar-refractivity contribution in [2.75, 3.05) is 10.3 Å². The van der Waals surface area contributed by atoms with Crippen LogP contribution < -0.4 is 16.1 Å². The lowest BCUT2D eigenvalue weighted by Gasteiger charge is -2.20. The molecule has 0 aliphatic carbocycles. The SMILES string of the molecule is NC(=O)C1CC(C(=O)Nc2ccnc(Sc3ccccn3)c2)=NN1c1ccc(F)cc1. The van der Waals surface area contributed by atoms with Crippen LogP contribution in [0.4, 0.5) is 15.8 Å². The molecule has 4 rings (SSSR count). The number of nitrogens with zero attached hydrogens (tertiary/aromatic N) is 4. The number of primary amides is 1. The molecule has 156 valence electrons. The second kappa shape index (κ2) is 8.92. The van der Waals surface area contributed by atoms with E-state index in [9.17, 15) is 14.0 Å². The van der Waals surface area contributed by atoms with Crippen molar-refractivity contribution in [2.24, 2.45) is 10.8 Å². The molecular formula is C21H17FN6O2S. The van der Waals surface area contributed by atoms with Crippen LogP contribution in [0.3, 0.4) is 0 Å². The molecule has 0 saturated heterocycles. The van der Waals surface area contributed by atoms with E-state index < -0.39 is 23.7 Å². The van der Waals surface area contributed by atoms with Crippen LogP contribution in [0.5, 0.6) is 0 Å². The van der Waals surface area contributed by atoms with E-state index in [1.165, 1.54) is 41.0 Å². The van der Waals surface area contributed by atoms with Crippen molar-refractivity contribution in [3.8, 4) is 0 Å². The normalized spacial score (nSPS) is 15.5. The molecule has 0 fully saturated rings. The van der Waals surface area contributed by atoms with E-state index in [-0.39, 0.29) is 12.1 Å². The zero-order valence-electron chi connectivity index (χ0n) is 16.1. The Balaban J connectivity index is 1.50. The van der Waals surface area contributed by atoms with Gasteiger partial charge in [0.05, 0.1) is 5.69 Å². The van der Waals surface area contributed by atoms with Crippen molar-refractivity contribution in [3.63, 3.8) is 0 Å². The van der Waals surface area contributed by atoms with Crippen LogP contribution in [0.15, 0.2) is 82.1 Å². The van der Waals surface area contributed by atoms with Crippen LogP contribution >= 0.6 is 11.8 Å². The monoisotopic (exact) mass is 436 g/mol. The van der Waals surface area contributed by atoms with Crippen molar-refractivity contribution in [3.05, 3.63) is 72.8 Å². The number of anilines is 2. The topological polar surface area (TPSA) is 114 Å². The number of pyridine rings is 2. The molecule has 1 unspecified atom stereocenters. The highest BCUT2D eigenvalue weighted by Gasteiger charge is 2.35. The Bertz CT molecular complexity index is 1140. The highest BCUT2D eigenvalue weighted by molar-refractivity contribution is 7.99. The number of carbonyl (C=O) groups is 2. The largest absolute Gasteiger partial charge is 0.368 e. The number of nitrogens with one attached hydrogen (secondary N) is 1. The molecule has 8 nitrogen and oxygen atoms in total. The van der Waals surface area contributed by atoms with Gasteiger partial charge in [0, 0.05) is 24.5 Å². The zero-order valence-corrected chi connectivity index (χ0v) is 16.9. The Morgan fingerprint density at radius 2 is 1.84 bits per heavy atom. The lowest BCUT2D eigenvalue weighted by atomic mass is 10.1. The number of hydrogen-bond donors (Lipinski definition) is 2. The maximum atomic E-state index is 13.2. The first-order chi connectivity index (χ1) is 15.0. The minimum atomic E-state index is -0.834. The number of rotatable bonds is 6. The van der Waals surface area contributed by atoms with E-state index >= 15 is 0 Å². The van der Waals surface area contributed by atoms with Gasteiger partial charge < -0.3 is 11.1 Å². The number of nitrogens with two attached hydrogens (primary N) is 1. The van der Waals surface area contributed by atoms with E-state index in [4.69, 9.17) is 5.73 Å². The van der Waals surface area contributed by atoms with Gasteiger partial charge in [0.15, 0.2) is 0 Å². The molecule has 3 aromatic rings. The molecule has 0 radical (unpaired) electrons. The molecule has 31 heavy (non-hydrogen) atoms. The summed E-state index contributed by atoms with van der Waals surface area (Å²) in [6.45, 7) is 0. The molecule has 0 spiro atoms. The van der Waals surface area contributed by atoms with Crippen LogP contribution in [-0.2, 0) is 9.59 Å². The third-order valence-corrected chi connectivity index (χ3v) is 5.31. The Labute approximate surface area is 181 Å². The van der Waals surface area contributed by atoms with Gasteiger partial charge in [-0.15, -0.1) is 0 Å². The molecule has 3 heterocycles. The Kier molecular flexibility index (Phi) is 5.89. The van der Waals surface area contributed by atoms with Crippen molar-refractivity contribution < 1.29 is 14.0 Å². The van der Waals surface area contributed by atoms with Gasteiger partial charge in [-0.25, -0.2) is 14.4 Å². The number of hydrazone groups is 1. The summed E-state index contributed by atoms with van der Waals surface area (Å²) in [4.78, 5) is 33.2. The summed E-state index contributed by atoms with van der Waals surface area (Å²) >= 11 is 1.36. The lowest BCUT2D eigenvalue weighted by molar-refractivity contribution is -0.119. The summed E-state index contributed by atoms with van der Waals surface area (Å²) in [5.74, 6) is -1.51. The van der Waals surface area contributed by atoms with Gasteiger partial charge in [-0.3, -0.25) is 14.6 Å². The molecule has 1 atom stereocenters. The number of hydrogen-bond acceptors (Lipinski definition) is 7. The van der Waals surface area contributed by atoms with Gasteiger partial charge in [-0.1, -0.05) is 17.8 Å². The predicted octanol–water partition coefficient (Wildman–Crippen LogP) is 2.83. The maximum Gasteiger partial charge on any atom is 0.271 e. The van der Waals surface area contributed by atoms with Crippen LogP contribution in [0.1, 0.15) is 6.42 Å². The standard InChI is InChI=1S/C21H17FN6O2S/c22-13-4-6-15(7-5-13)28-17(20(23)29)12-16(27-28)21(30)26-14-8-10-25-19(11-14)31-18-3-1-2-9-24-18/h1-11,17H,12H2,(H2,23,29)(H,25,26,30). The second-order valence-corrected chi connectivity index (χ2v) is 7.64. The fourth-order valence-electron chi connectivity index (χ4n) is 2.96. The minimum Gasteiger partial charge on any atom is -0.368 e. The molecule has 0 saturated carbocycles. The van der Waals surface area contributed by atoms with Crippen molar-refractivity contribution >= 4 is 40.7 Å². The third-order valence-electron chi connectivity index (χ3n) is 4.43. The summed E-state index contributed by atoms with van der Waals surface area (Å²) in [6.07, 6.45) is 3.31. The summed E-state index contributed by atoms with van der Waals surface area (Å²) in [5, 5.41) is 9.80. The zero-order chi connectivity index (χ0) is 21.8. The third kappa shape index (κ3) is 4.86. The molecule has 0 bridgehead atoms. The molecule has 2 amide bonds. The molecule has 2 aromatic heterocycles. The van der Waals surface area contributed by atoms with Gasteiger partial charge in [-0.05, 0) is 48.5 Å². The Morgan fingerprint density at radius 3 is 2.55 bits per heavy atom. The first-order valence-electron chi connectivity index (χ1n) is 9.27. The molecule has 1 aliphatic rings. The summed E-state index contributed by atoms with van der Waals surface area (Å²) in [7, 11) is 0. The van der Waals surface area contributed by atoms with Crippen molar-refractivity contribution in [2.45, 2.75) is 22.5 Å². The summed E-state index contributed by atoms with van der Waals surface area (Å²) in [5.41, 5.74) is 6.62. The van der Waals surface area contributed by atoms with Crippen LogP contribution in [0.2, 0.25) is 0 Å². The first-order valence-corrected chi connectivity index (χ1v) is 10.1. The predicted molar refractivity (Wildman–Crippen MR) is 115 cm³/mol. The molecule has 1 aromatic carbocycles. The molecule has 10 heteroatoms. The van der Waals surface area contributed by atoms with E-state index in [0.29, 0.717) is 16.4 Å². The van der Waals surface area contributed by atoms with Crippen molar-refractivity contribution in [1.82, 2.24) is 9.97 Å².